The number of rotatable bonds is 5. The number of alkyl halides is 1. The number of aliphatic hydroxyl groups excluding tert-OH is 1. The van der Waals surface area contributed by atoms with Crippen LogP contribution in [-0.2, 0) is 14.3 Å². The predicted molar refractivity (Wildman–Crippen MR) is 86.1 cm³/mol. The Morgan fingerprint density at radius 2 is 2.35 bits per heavy atom. The number of halogens is 2. The smallest absolute Gasteiger partial charge is 0.351 e. The number of nitrogen functional groups attached to an aromatic ring is 1. The van der Waals surface area contributed by atoms with Gasteiger partial charge in [0.25, 0.3) is 0 Å². The molecule has 2 heterocycles. The van der Waals surface area contributed by atoms with Gasteiger partial charge < -0.3 is 20.3 Å². The largest absolute Gasteiger partial charge is 0.463 e. The number of esters is 1. The monoisotopic (exact) mass is 371 g/mol. The third kappa shape index (κ3) is 3.52. The van der Waals surface area contributed by atoms with Crippen molar-refractivity contribution in [2.45, 2.75) is 38.0 Å². The highest BCUT2D eigenvalue weighted by Crippen LogP contribution is 2.42. The summed E-state index contributed by atoms with van der Waals surface area (Å²) in [7, 11) is 0. The van der Waals surface area contributed by atoms with E-state index >= 15 is 4.39 Å². The molecule has 1 aromatic heterocycles. The van der Waals surface area contributed by atoms with E-state index in [0.717, 1.165) is 6.08 Å². The van der Waals surface area contributed by atoms with Crippen molar-refractivity contribution in [2.24, 2.45) is 5.92 Å². The van der Waals surface area contributed by atoms with Crippen LogP contribution in [0.15, 0.2) is 29.4 Å². The first-order valence-corrected chi connectivity index (χ1v) is 7.72. The van der Waals surface area contributed by atoms with Gasteiger partial charge in [-0.05, 0) is 0 Å². The average molecular weight is 371 g/mol. The quantitative estimate of drug-likeness (QED) is 0.571. The maximum absolute atomic E-state index is 15.4. The van der Waals surface area contributed by atoms with Crippen LogP contribution >= 0.6 is 0 Å². The van der Waals surface area contributed by atoms with Crippen LogP contribution in [-0.4, -0.2) is 45.1 Å². The number of carbonyl (C=O) groups excluding carboxylic acids is 1. The van der Waals surface area contributed by atoms with Gasteiger partial charge in [0, 0.05) is 6.08 Å². The first kappa shape index (κ1) is 19.8. The van der Waals surface area contributed by atoms with Crippen LogP contribution in [0.25, 0.3) is 0 Å². The minimum atomic E-state index is -2.69. The van der Waals surface area contributed by atoms with E-state index in [1.165, 1.54) is 0 Å². The minimum Gasteiger partial charge on any atom is -0.463 e. The topological polar surface area (TPSA) is 117 Å². The Morgan fingerprint density at radius 3 is 2.92 bits per heavy atom. The third-order valence-corrected chi connectivity index (χ3v) is 3.86. The fourth-order valence-electron chi connectivity index (χ4n) is 2.45. The summed E-state index contributed by atoms with van der Waals surface area (Å²) in [5.41, 5.74) is 3.61. The first-order chi connectivity index (χ1) is 12.1. The second-order valence-electron chi connectivity index (χ2n) is 6.10. The van der Waals surface area contributed by atoms with Crippen molar-refractivity contribution in [3.63, 3.8) is 0 Å². The van der Waals surface area contributed by atoms with Gasteiger partial charge in [-0.25, -0.2) is 13.6 Å². The zero-order valence-electron chi connectivity index (χ0n) is 14.2. The molecule has 8 nitrogen and oxygen atoms in total. The maximum atomic E-state index is 15.4. The molecule has 0 saturated carbocycles. The molecule has 1 fully saturated rings. The summed E-state index contributed by atoms with van der Waals surface area (Å²) in [6.07, 6.45) is -3.56. The molecule has 1 aliphatic heterocycles. The van der Waals surface area contributed by atoms with E-state index in [4.69, 9.17) is 15.2 Å². The minimum absolute atomic E-state index is 0.439. The summed E-state index contributed by atoms with van der Waals surface area (Å²) in [5.74, 6) is -2.74. The van der Waals surface area contributed by atoms with Crippen molar-refractivity contribution in [3.8, 4) is 0 Å². The van der Waals surface area contributed by atoms with Crippen molar-refractivity contribution in [3.05, 3.63) is 40.9 Å². The summed E-state index contributed by atoms with van der Waals surface area (Å²) in [4.78, 5) is 26.8. The molecule has 0 aromatic carbocycles. The van der Waals surface area contributed by atoms with Crippen LogP contribution in [0, 0.1) is 11.7 Å². The fourth-order valence-corrected chi connectivity index (χ4v) is 2.45. The number of hydrogen-bond donors (Lipinski definition) is 2. The second-order valence-corrected chi connectivity index (χ2v) is 6.10. The van der Waals surface area contributed by atoms with Gasteiger partial charge in [-0.1, -0.05) is 20.4 Å². The van der Waals surface area contributed by atoms with Crippen molar-refractivity contribution < 1.29 is 28.2 Å². The molecule has 0 spiro atoms. The van der Waals surface area contributed by atoms with E-state index in [2.05, 4.69) is 17.3 Å². The summed E-state index contributed by atoms with van der Waals surface area (Å²) in [6, 6.07) is 0. The molecule has 1 aromatic rings. The number of carbonyl (C=O) groups is 1. The van der Waals surface area contributed by atoms with Gasteiger partial charge in [0.05, 0.1) is 12.1 Å². The van der Waals surface area contributed by atoms with E-state index < -0.39 is 59.9 Å². The second kappa shape index (κ2) is 7.36. The van der Waals surface area contributed by atoms with Gasteiger partial charge in [0.15, 0.2) is 17.9 Å². The highest BCUT2D eigenvalue weighted by atomic mass is 19.1. The molecule has 0 unspecified atom stereocenters. The number of nitrogens with two attached hydrogens (primary N) is 1. The van der Waals surface area contributed by atoms with Crippen LogP contribution in [0.4, 0.5) is 14.6 Å². The van der Waals surface area contributed by atoms with Crippen LogP contribution < -0.4 is 11.4 Å². The lowest BCUT2D eigenvalue weighted by Gasteiger charge is -2.25. The maximum Gasteiger partial charge on any atom is 0.351 e. The Labute approximate surface area is 147 Å². The fraction of sp³-hybridized carbons (Fsp3) is 0.500. The number of aliphatic hydroxyl groups is 1. The molecule has 1 aliphatic rings. The Balaban J connectivity index is 2.39. The third-order valence-electron chi connectivity index (χ3n) is 3.86. The number of nitrogens with zero attached hydrogens (tertiary/aromatic N) is 2. The lowest BCUT2D eigenvalue weighted by Crippen LogP contribution is -2.44. The van der Waals surface area contributed by atoms with Gasteiger partial charge in [0.2, 0.25) is 5.67 Å². The highest BCUT2D eigenvalue weighted by Gasteiger charge is 2.57. The lowest BCUT2D eigenvalue weighted by atomic mass is 9.96. The van der Waals surface area contributed by atoms with Gasteiger partial charge in [0.1, 0.15) is 18.8 Å². The van der Waals surface area contributed by atoms with Gasteiger partial charge >= 0.3 is 11.7 Å². The molecule has 10 heteroatoms. The normalized spacial score (nSPS) is 28.0. The summed E-state index contributed by atoms with van der Waals surface area (Å²) >= 11 is 0. The Kier molecular flexibility index (Phi) is 5.60. The van der Waals surface area contributed by atoms with Gasteiger partial charge in [-0.15, -0.1) is 5.73 Å². The van der Waals surface area contributed by atoms with Crippen LogP contribution in [0.5, 0.6) is 0 Å². The van der Waals surface area contributed by atoms with Crippen LogP contribution in [0.3, 0.4) is 0 Å². The van der Waals surface area contributed by atoms with Crippen LogP contribution in [0.1, 0.15) is 20.1 Å². The molecule has 0 amide bonds. The molecule has 1 saturated heterocycles. The van der Waals surface area contributed by atoms with E-state index in [-0.39, 0.29) is 0 Å². The number of ether oxygens (including phenoxy) is 2. The van der Waals surface area contributed by atoms with Crippen LogP contribution in [0.2, 0.25) is 0 Å². The highest BCUT2D eigenvalue weighted by molar-refractivity contribution is 5.71. The Hall–Kier alpha value is -2.55. The summed E-state index contributed by atoms with van der Waals surface area (Å²) in [5, 5.41) is 10.3. The average Bonchev–Trinajstić information content (AvgIpc) is 2.81. The van der Waals surface area contributed by atoms with E-state index in [0.29, 0.717) is 10.8 Å². The molecule has 142 valence electrons. The van der Waals surface area contributed by atoms with Crippen molar-refractivity contribution in [1.82, 2.24) is 9.55 Å². The van der Waals surface area contributed by atoms with Gasteiger partial charge in [-0.3, -0.25) is 9.36 Å². The Bertz CT molecular complexity index is 806. The Morgan fingerprint density at radius 1 is 1.69 bits per heavy atom. The number of hydrogen-bond acceptors (Lipinski definition) is 7. The summed E-state index contributed by atoms with van der Waals surface area (Å²) < 4.78 is 39.9. The molecular weight excluding hydrogens is 352 g/mol. The summed E-state index contributed by atoms with van der Waals surface area (Å²) in [6.45, 7) is 5.96. The standard InChI is InChI=1S/C16H19F2N3O5/c1-4-5-16(18)11(22)10(7-25-13(23)8(2)3)26-14(16)21-6-9(17)12(19)20-15(21)24/h5-6,8,10-11,14,22H,1,7H2,2-3H3,(H2,19,20,24)/t10-,11-,14-,16-/m1/s1. The molecule has 26 heavy (non-hydrogen) atoms. The first-order valence-electron chi connectivity index (χ1n) is 7.72. The zero-order chi connectivity index (χ0) is 19.6. The molecule has 4 atom stereocenters. The number of aromatic nitrogens is 2. The van der Waals surface area contributed by atoms with E-state index in [9.17, 15) is 19.1 Å². The predicted octanol–water partition coefficient (Wildman–Crippen LogP) is 0.471. The lowest BCUT2D eigenvalue weighted by molar-refractivity contribution is -0.153. The molecule has 0 aliphatic carbocycles. The van der Waals surface area contributed by atoms with Gasteiger partial charge in [-0.2, -0.15) is 4.98 Å². The molecule has 0 radical (unpaired) electrons. The van der Waals surface area contributed by atoms with Crippen molar-refractivity contribution >= 4 is 11.8 Å². The molecule has 2 rings (SSSR count). The SMILES string of the molecule is C=C=C[C@@]1(F)[C@H](O)[C@@H](COC(=O)C(C)C)O[C@H]1n1cc(F)c(N)nc1=O. The molecule has 3 N–H and O–H groups in total. The molecular formula is C16H19F2N3O5. The van der Waals surface area contributed by atoms with E-state index in [1.807, 2.05) is 0 Å². The van der Waals surface area contributed by atoms with Crippen molar-refractivity contribution in [2.75, 3.05) is 12.3 Å². The number of anilines is 1. The van der Waals surface area contributed by atoms with Crippen molar-refractivity contribution in [1.29, 1.82) is 0 Å². The zero-order valence-corrected chi connectivity index (χ0v) is 14.2. The van der Waals surface area contributed by atoms with E-state index in [1.54, 1.807) is 13.8 Å². The molecule has 0 bridgehead atoms.